The molecule has 1 aromatic carbocycles. The highest BCUT2D eigenvalue weighted by Crippen LogP contribution is 2.27. The Balaban J connectivity index is 1.31. The van der Waals surface area contributed by atoms with E-state index in [0.717, 1.165) is 49.7 Å². The molecule has 2 fully saturated rings. The first-order valence-corrected chi connectivity index (χ1v) is 11.3. The molecule has 0 saturated carbocycles. The molecule has 0 unspecified atom stereocenters. The molecule has 4 rings (SSSR count). The zero-order valence-corrected chi connectivity index (χ0v) is 18.8. The van der Waals surface area contributed by atoms with Crippen LogP contribution in [-0.4, -0.2) is 71.0 Å². The van der Waals surface area contributed by atoms with Crippen molar-refractivity contribution in [1.29, 1.82) is 0 Å². The minimum absolute atomic E-state index is 0.00306. The molecule has 2 aliphatic heterocycles. The predicted octanol–water partition coefficient (Wildman–Crippen LogP) is 2.60. The van der Waals surface area contributed by atoms with Crippen LogP contribution in [0.25, 0.3) is 0 Å². The highest BCUT2D eigenvalue weighted by Gasteiger charge is 2.25. The Morgan fingerprint density at radius 3 is 2.41 bits per heavy atom. The molecule has 1 N–H and O–H groups in total. The van der Waals surface area contributed by atoms with Crippen molar-refractivity contribution in [3.8, 4) is 0 Å². The normalized spacial score (nSPS) is 17.9. The standard InChI is InChI=1S/C24H31N5O3/c1-17-22(24(31)29-11-13-32-14-12-29)15-25-23(26-17)20-7-9-28(10-8-20)16-19-3-5-21(6-4-19)27-18(2)30/h3-6,15,20H,7-14,16H2,1-2H3,(H,27,30). The van der Waals surface area contributed by atoms with Gasteiger partial charge in [0.1, 0.15) is 5.82 Å². The van der Waals surface area contributed by atoms with Crippen molar-refractivity contribution < 1.29 is 14.3 Å². The van der Waals surface area contributed by atoms with E-state index in [1.54, 1.807) is 6.20 Å². The average molecular weight is 438 g/mol. The molecule has 0 bridgehead atoms. The van der Waals surface area contributed by atoms with Gasteiger partial charge in [-0.25, -0.2) is 9.97 Å². The summed E-state index contributed by atoms with van der Waals surface area (Å²) in [5.41, 5.74) is 3.41. The van der Waals surface area contributed by atoms with Gasteiger partial charge in [0.15, 0.2) is 0 Å². The van der Waals surface area contributed by atoms with E-state index in [-0.39, 0.29) is 11.8 Å². The van der Waals surface area contributed by atoms with Crippen molar-refractivity contribution in [1.82, 2.24) is 19.8 Å². The summed E-state index contributed by atoms with van der Waals surface area (Å²) in [7, 11) is 0. The number of ether oxygens (including phenoxy) is 1. The van der Waals surface area contributed by atoms with E-state index < -0.39 is 0 Å². The van der Waals surface area contributed by atoms with E-state index in [1.165, 1.54) is 12.5 Å². The summed E-state index contributed by atoms with van der Waals surface area (Å²) >= 11 is 0. The molecule has 170 valence electrons. The summed E-state index contributed by atoms with van der Waals surface area (Å²) < 4.78 is 5.34. The lowest BCUT2D eigenvalue weighted by Crippen LogP contribution is -2.41. The van der Waals surface area contributed by atoms with Crippen LogP contribution in [0.2, 0.25) is 0 Å². The number of benzene rings is 1. The molecule has 3 heterocycles. The lowest BCUT2D eigenvalue weighted by atomic mass is 9.95. The number of amides is 2. The van der Waals surface area contributed by atoms with Crippen LogP contribution >= 0.6 is 0 Å². The van der Waals surface area contributed by atoms with Crippen LogP contribution in [-0.2, 0) is 16.1 Å². The van der Waals surface area contributed by atoms with E-state index in [9.17, 15) is 9.59 Å². The number of carbonyl (C=O) groups is 2. The van der Waals surface area contributed by atoms with Gasteiger partial charge in [0.2, 0.25) is 5.91 Å². The van der Waals surface area contributed by atoms with E-state index in [0.29, 0.717) is 37.8 Å². The van der Waals surface area contributed by atoms with Crippen molar-refractivity contribution >= 4 is 17.5 Å². The molecule has 32 heavy (non-hydrogen) atoms. The number of hydrogen-bond donors (Lipinski definition) is 1. The number of piperidine rings is 1. The molecule has 2 aromatic rings. The van der Waals surface area contributed by atoms with Crippen molar-refractivity contribution in [3.63, 3.8) is 0 Å². The summed E-state index contributed by atoms with van der Waals surface area (Å²) in [6, 6.07) is 8.02. The third kappa shape index (κ3) is 5.49. The number of morpholine rings is 1. The zero-order valence-electron chi connectivity index (χ0n) is 18.8. The molecule has 8 nitrogen and oxygen atoms in total. The van der Waals surface area contributed by atoms with Crippen LogP contribution in [0.1, 0.15) is 53.1 Å². The first kappa shape index (κ1) is 22.4. The molecule has 0 aliphatic carbocycles. The van der Waals surface area contributed by atoms with E-state index in [4.69, 9.17) is 9.72 Å². The van der Waals surface area contributed by atoms with Gasteiger partial charge in [0.25, 0.3) is 5.91 Å². The fourth-order valence-corrected chi connectivity index (χ4v) is 4.33. The van der Waals surface area contributed by atoms with Crippen LogP contribution in [0.5, 0.6) is 0 Å². The van der Waals surface area contributed by atoms with Gasteiger partial charge in [-0.05, 0) is 50.6 Å². The Morgan fingerprint density at radius 2 is 1.78 bits per heavy atom. The Morgan fingerprint density at radius 1 is 1.09 bits per heavy atom. The van der Waals surface area contributed by atoms with E-state index >= 15 is 0 Å². The van der Waals surface area contributed by atoms with Crippen LogP contribution < -0.4 is 5.32 Å². The van der Waals surface area contributed by atoms with Crippen molar-refractivity contribution in [2.24, 2.45) is 0 Å². The molecule has 1 aromatic heterocycles. The summed E-state index contributed by atoms with van der Waals surface area (Å²) in [4.78, 5) is 37.5. The number of likely N-dealkylation sites (tertiary alicyclic amines) is 1. The van der Waals surface area contributed by atoms with Gasteiger partial charge in [-0.3, -0.25) is 14.5 Å². The highest BCUT2D eigenvalue weighted by atomic mass is 16.5. The zero-order chi connectivity index (χ0) is 22.5. The minimum atomic E-state index is -0.0595. The third-order valence-corrected chi connectivity index (χ3v) is 6.16. The van der Waals surface area contributed by atoms with Gasteiger partial charge in [-0.15, -0.1) is 0 Å². The Hall–Kier alpha value is -2.84. The van der Waals surface area contributed by atoms with Crippen LogP contribution in [0.15, 0.2) is 30.5 Å². The molecule has 8 heteroatoms. The fourth-order valence-electron chi connectivity index (χ4n) is 4.33. The first-order valence-electron chi connectivity index (χ1n) is 11.3. The Kier molecular flexibility index (Phi) is 7.12. The lowest BCUT2D eigenvalue weighted by molar-refractivity contribution is -0.114. The summed E-state index contributed by atoms with van der Waals surface area (Å²) in [6.07, 6.45) is 3.71. The monoisotopic (exact) mass is 437 g/mol. The average Bonchev–Trinajstić information content (AvgIpc) is 2.81. The van der Waals surface area contributed by atoms with Gasteiger partial charge >= 0.3 is 0 Å². The minimum Gasteiger partial charge on any atom is -0.378 e. The molecule has 2 aliphatic rings. The second-order valence-corrected chi connectivity index (χ2v) is 8.56. The van der Waals surface area contributed by atoms with Gasteiger partial charge in [0, 0.05) is 44.4 Å². The maximum Gasteiger partial charge on any atom is 0.257 e. The third-order valence-electron chi connectivity index (χ3n) is 6.16. The maximum atomic E-state index is 12.8. The number of anilines is 1. The van der Waals surface area contributed by atoms with Gasteiger partial charge in [-0.1, -0.05) is 12.1 Å². The predicted molar refractivity (Wildman–Crippen MR) is 121 cm³/mol. The van der Waals surface area contributed by atoms with Gasteiger partial charge in [-0.2, -0.15) is 0 Å². The van der Waals surface area contributed by atoms with Gasteiger partial charge < -0.3 is 15.0 Å². The number of nitrogens with one attached hydrogen (secondary N) is 1. The number of hydrogen-bond acceptors (Lipinski definition) is 6. The molecule has 2 amide bonds. The van der Waals surface area contributed by atoms with Gasteiger partial charge in [0.05, 0.1) is 24.5 Å². The topological polar surface area (TPSA) is 87.7 Å². The molecular formula is C24H31N5O3. The van der Waals surface area contributed by atoms with Crippen LogP contribution in [0.4, 0.5) is 5.69 Å². The number of nitrogens with zero attached hydrogens (tertiary/aromatic N) is 4. The SMILES string of the molecule is CC(=O)Nc1ccc(CN2CCC(c3ncc(C(=O)N4CCOCC4)c(C)n3)CC2)cc1. The second-order valence-electron chi connectivity index (χ2n) is 8.56. The molecule has 0 radical (unpaired) electrons. The number of rotatable bonds is 5. The first-order chi connectivity index (χ1) is 15.5. The molecular weight excluding hydrogens is 406 g/mol. The summed E-state index contributed by atoms with van der Waals surface area (Å²) in [6.45, 7) is 8.67. The largest absolute Gasteiger partial charge is 0.378 e. The van der Waals surface area contributed by atoms with E-state index in [2.05, 4.69) is 27.3 Å². The van der Waals surface area contributed by atoms with Crippen molar-refractivity contribution in [2.75, 3.05) is 44.7 Å². The number of carbonyl (C=O) groups excluding carboxylic acids is 2. The smallest absolute Gasteiger partial charge is 0.257 e. The quantitative estimate of drug-likeness (QED) is 0.774. The fraction of sp³-hybridized carbons (Fsp3) is 0.500. The maximum absolute atomic E-state index is 12.8. The summed E-state index contributed by atoms with van der Waals surface area (Å²) in [5.74, 6) is 1.10. The molecule has 0 atom stereocenters. The number of aromatic nitrogens is 2. The Bertz CT molecular complexity index is 949. The summed E-state index contributed by atoms with van der Waals surface area (Å²) in [5, 5.41) is 2.80. The Labute approximate surface area is 189 Å². The highest BCUT2D eigenvalue weighted by molar-refractivity contribution is 5.95. The lowest BCUT2D eigenvalue weighted by Gasteiger charge is -2.31. The second kappa shape index (κ2) is 10.2. The molecule has 0 spiro atoms. The van der Waals surface area contributed by atoms with Crippen LogP contribution in [0, 0.1) is 6.92 Å². The van der Waals surface area contributed by atoms with Crippen molar-refractivity contribution in [2.45, 2.75) is 39.2 Å². The van der Waals surface area contributed by atoms with E-state index in [1.807, 2.05) is 24.0 Å². The molecule has 2 saturated heterocycles. The van der Waals surface area contributed by atoms with Crippen LogP contribution in [0.3, 0.4) is 0 Å². The van der Waals surface area contributed by atoms with Crippen molar-refractivity contribution in [3.05, 3.63) is 53.1 Å². The number of aryl methyl sites for hydroxylation is 1.